The second-order valence-electron chi connectivity index (χ2n) is 19.3. The van der Waals surface area contributed by atoms with Crippen molar-refractivity contribution < 1.29 is 89.4 Å². The van der Waals surface area contributed by atoms with Gasteiger partial charge in [-0.25, -0.2) is 0 Å². The summed E-state index contributed by atoms with van der Waals surface area (Å²) in [5.74, 6) is -0.288. The van der Waals surface area contributed by atoms with Crippen LogP contribution in [-0.4, -0.2) is 193 Å². The van der Waals surface area contributed by atoms with E-state index in [9.17, 15) is 61.0 Å². The highest BCUT2D eigenvalue weighted by molar-refractivity contribution is 5.76. The number of rotatable bonds is 37. The number of carbonyl (C=O) groups excluding carboxylic acids is 1. The van der Waals surface area contributed by atoms with Gasteiger partial charge in [0.2, 0.25) is 5.91 Å². The first-order valence-corrected chi connectivity index (χ1v) is 26.6. The summed E-state index contributed by atoms with van der Waals surface area (Å²) in [6, 6.07) is -0.982. The van der Waals surface area contributed by atoms with E-state index in [2.05, 4.69) is 31.3 Å². The van der Waals surface area contributed by atoms with Crippen molar-refractivity contribution in [2.75, 3.05) is 26.4 Å². The number of unbranched alkanes of at least 4 members (excludes halogenated alkanes) is 19. The van der Waals surface area contributed by atoms with E-state index in [0.717, 1.165) is 38.5 Å². The fourth-order valence-electron chi connectivity index (χ4n) is 9.03. The van der Waals surface area contributed by atoms with Gasteiger partial charge in [-0.3, -0.25) is 4.79 Å². The molecule has 3 fully saturated rings. The molecule has 1 amide bonds. The molecule has 0 radical (unpaired) electrons. The van der Waals surface area contributed by atoms with Crippen LogP contribution in [0.25, 0.3) is 0 Å². The minimum atomic E-state index is -1.98. The SMILES string of the molecule is CCCCCCCCC/C=C/CC/C=C/C(O)C(COC1OC(CO)C(OC2OC(CO)C(OC3OC(CO)C(O)C(O)C3O)C(O)C2O)C(O)C1O)NC(=O)CCCCCCCCCCCCCC. The molecule has 3 aliphatic heterocycles. The Kier molecular flexibility index (Phi) is 32.4. The molecule has 70 heavy (non-hydrogen) atoms. The molecule has 19 heteroatoms. The Hall–Kier alpha value is -1.73. The lowest BCUT2D eigenvalue weighted by atomic mass is 9.96. The molecular weight excluding hydrogens is 915 g/mol. The maximum Gasteiger partial charge on any atom is 0.220 e. The Bertz CT molecular complexity index is 1390. The first-order chi connectivity index (χ1) is 33.8. The molecule has 3 rings (SSSR count). The molecule has 3 saturated heterocycles. The van der Waals surface area contributed by atoms with E-state index in [1.54, 1.807) is 6.08 Å². The van der Waals surface area contributed by atoms with Gasteiger partial charge < -0.3 is 89.9 Å². The topological polar surface area (TPSA) is 307 Å². The minimum Gasteiger partial charge on any atom is -0.394 e. The van der Waals surface area contributed by atoms with Crippen molar-refractivity contribution in [1.82, 2.24) is 5.32 Å². The van der Waals surface area contributed by atoms with Gasteiger partial charge in [0.1, 0.15) is 73.2 Å². The number of aliphatic hydroxyl groups excluding tert-OH is 11. The Morgan fingerprint density at radius 3 is 1.43 bits per heavy atom. The Labute approximate surface area is 416 Å². The fourth-order valence-corrected chi connectivity index (χ4v) is 9.03. The molecule has 0 aromatic carbocycles. The van der Waals surface area contributed by atoms with Crippen LogP contribution >= 0.6 is 0 Å². The van der Waals surface area contributed by atoms with E-state index in [1.807, 2.05) is 6.08 Å². The normalized spacial score (nSPS) is 32.7. The summed E-state index contributed by atoms with van der Waals surface area (Å²) in [7, 11) is 0. The third kappa shape index (κ3) is 21.6. The average Bonchev–Trinajstić information content (AvgIpc) is 3.35. The number of amides is 1. The Morgan fingerprint density at radius 2 is 0.914 bits per heavy atom. The number of hydrogen-bond donors (Lipinski definition) is 12. The second kappa shape index (κ2) is 36.3. The van der Waals surface area contributed by atoms with E-state index < -0.39 is 124 Å². The summed E-state index contributed by atoms with van der Waals surface area (Å²) in [4.78, 5) is 13.2. The molecule has 0 saturated carbocycles. The smallest absolute Gasteiger partial charge is 0.220 e. The van der Waals surface area contributed by atoms with Gasteiger partial charge in [-0.15, -0.1) is 0 Å². The highest BCUT2D eigenvalue weighted by Crippen LogP contribution is 2.33. The number of aliphatic hydroxyl groups is 11. The van der Waals surface area contributed by atoms with E-state index >= 15 is 0 Å². The van der Waals surface area contributed by atoms with Gasteiger partial charge >= 0.3 is 0 Å². The molecule has 0 aliphatic carbocycles. The Balaban J connectivity index is 1.57. The first kappa shape index (κ1) is 62.6. The monoisotopic (exact) mass is 1010 g/mol. The number of nitrogens with one attached hydrogen (secondary N) is 1. The second-order valence-corrected chi connectivity index (χ2v) is 19.3. The number of hydrogen-bond acceptors (Lipinski definition) is 18. The van der Waals surface area contributed by atoms with Crippen LogP contribution in [-0.2, 0) is 33.2 Å². The lowest BCUT2D eigenvalue weighted by Crippen LogP contribution is -2.66. The van der Waals surface area contributed by atoms with Crippen molar-refractivity contribution >= 4 is 5.91 Å². The highest BCUT2D eigenvalue weighted by Gasteiger charge is 2.53. The van der Waals surface area contributed by atoms with Crippen molar-refractivity contribution in [1.29, 1.82) is 0 Å². The van der Waals surface area contributed by atoms with Gasteiger partial charge in [0, 0.05) is 6.42 Å². The van der Waals surface area contributed by atoms with Crippen molar-refractivity contribution in [2.45, 2.75) is 266 Å². The molecule has 0 aromatic heterocycles. The van der Waals surface area contributed by atoms with Gasteiger partial charge in [-0.05, 0) is 32.1 Å². The zero-order valence-corrected chi connectivity index (χ0v) is 42.0. The van der Waals surface area contributed by atoms with Crippen molar-refractivity contribution in [3.63, 3.8) is 0 Å². The zero-order chi connectivity index (χ0) is 51.3. The zero-order valence-electron chi connectivity index (χ0n) is 42.0. The van der Waals surface area contributed by atoms with E-state index in [-0.39, 0.29) is 18.9 Å². The predicted octanol–water partition coefficient (Wildman–Crippen LogP) is 2.42. The van der Waals surface area contributed by atoms with Crippen LogP contribution in [0.1, 0.15) is 162 Å². The average molecular weight is 1010 g/mol. The molecule has 410 valence electrons. The molecule has 3 heterocycles. The van der Waals surface area contributed by atoms with Gasteiger partial charge in [0.05, 0.1) is 38.6 Å². The van der Waals surface area contributed by atoms with Crippen LogP contribution in [0.3, 0.4) is 0 Å². The van der Waals surface area contributed by atoms with Gasteiger partial charge in [0.15, 0.2) is 18.9 Å². The van der Waals surface area contributed by atoms with Gasteiger partial charge in [-0.2, -0.15) is 0 Å². The molecule has 12 N–H and O–H groups in total. The number of allylic oxidation sites excluding steroid dienone is 3. The van der Waals surface area contributed by atoms with Crippen LogP contribution < -0.4 is 5.32 Å². The molecule has 17 unspecified atom stereocenters. The van der Waals surface area contributed by atoms with Crippen molar-refractivity contribution in [3.05, 3.63) is 24.3 Å². The minimum absolute atomic E-state index is 0.238. The molecule has 17 atom stereocenters. The van der Waals surface area contributed by atoms with E-state index in [0.29, 0.717) is 12.8 Å². The quantitative estimate of drug-likeness (QED) is 0.0314. The largest absolute Gasteiger partial charge is 0.394 e. The maximum atomic E-state index is 13.2. The number of carbonyl (C=O) groups is 1. The van der Waals surface area contributed by atoms with Crippen molar-refractivity contribution in [2.24, 2.45) is 0 Å². The maximum absolute atomic E-state index is 13.2. The van der Waals surface area contributed by atoms with Gasteiger partial charge in [0.25, 0.3) is 0 Å². The fraction of sp³-hybridized carbons (Fsp3) is 0.902. The van der Waals surface area contributed by atoms with Crippen LogP contribution in [0.15, 0.2) is 24.3 Å². The van der Waals surface area contributed by atoms with Crippen LogP contribution in [0.2, 0.25) is 0 Å². The summed E-state index contributed by atoms with van der Waals surface area (Å²) in [5, 5.41) is 120. The Morgan fingerprint density at radius 1 is 0.500 bits per heavy atom. The molecule has 3 aliphatic rings. The number of ether oxygens (including phenoxy) is 6. The summed E-state index contributed by atoms with van der Waals surface area (Å²) in [6.07, 6.45) is 6.11. The predicted molar refractivity (Wildman–Crippen MR) is 259 cm³/mol. The molecule has 0 spiro atoms. The van der Waals surface area contributed by atoms with Crippen LogP contribution in [0.5, 0.6) is 0 Å². The van der Waals surface area contributed by atoms with Gasteiger partial charge in [-0.1, -0.05) is 147 Å². The lowest BCUT2D eigenvalue weighted by Gasteiger charge is -2.48. The molecular formula is C51H93NO18. The lowest BCUT2D eigenvalue weighted by molar-refractivity contribution is -0.379. The van der Waals surface area contributed by atoms with Crippen LogP contribution in [0, 0.1) is 0 Å². The highest BCUT2D eigenvalue weighted by atomic mass is 16.8. The molecule has 0 bridgehead atoms. The molecule has 0 aromatic rings. The van der Waals surface area contributed by atoms with Crippen molar-refractivity contribution in [3.8, 4) is 0 Å². The summed E-state index contributed by atoms with van der Waals surface area (Å²) in [5.41, 5.74) is 0. The first-order valence-electron chi connectivity index (χ1n) is 26.6. The molecule has 19 nitrogen and oxygen atoms in total. The van der Waals surface area contributed by atoms with Crippen LogP contribution in [0.4, 0.5) is 0 Å². The summed E-state index contributed by atoms with van der Waals surface area (Å²) < 4.78 is 34.1. The summed E-state index contributed by atoms with van der Waals surface area (Å²) >= 11 is 0. The third-order valence-electron chi connectivity index (χ3n) is 13.5. The summed E-state index contributed by atoms with van der Waals surface area (Å²) in [6.45, 7) is 1.65. The van der Waals surface area contributed by atoms with E-state index in [1.165, 1.54) is 89.9 Å². The third-order valence-corrected chi connectivity index (χ3v) is 13.5. The standard InChI is InChI=1S/C51H93NO18/c1-3-5-7-9-11-13-15-17-18-20-22-24-26-28-35(56)34(52-39(57)29-27-25-23-21-19-16-14-12-10-8-6-4-2)33-65-49-45(63)42(60)47(37(31-54)67-49)70-51-46(64)43(61)48(38(32-55)68-51)69-50-44(62)41(59)40(58)36(30-53)66-50/h18,20,26,28,34-38,40-51,53-56,58-64H,3-17,19,21-25,27,29-33H2,1-2H3,(H,52,57)/b20-18+,28-26+. The van der Waals surface area contributed by atoms with E-state index in [4.69, 9.17) is 28.4 Å².